The first-order valence-electron chi connectivity index (χ1n) is 7.76. The third kappa shape index (κ3) is 3.27. The average molecular weight is 317 g/mol. The number of allylic oxidation sites excluding steroid dienone is 1. The first-order chi connectivity index (χ1) is 11.1. The van der Waals surface area contributed by atoms with Gasteiger partial charge in [0.05, 0.1) is 12.4 Å². The van der Waals surface area contributed by atoms with E-state index in [0.29, 0.717) is 5.82 Å². The van der Waals surface area contributed by atoms with E-state index in [1.165, 1.54) is 0 Å². The number of hydrogen-bond acceptors (Lipinski definition) is 7. The van der Waals surface area contributed by atoms with E-state index in [2.05, 4.69) is 31.2 Å². The van der Waals surface area contributed by atoms with Gasteiger partial charge in [-0.05, 0) is 20.5 Å². The molecule has 23 heavy (non-hydrogen) atoms. The molecule has 3 rings (SSSR count). The van der Waals surface area contributed by atoms with Crippen LogP contribution in [-0.2, 0) is 0 Å². The van der Waals surface area contributed by atoms with Gasteiger partial charge in [0.2, 0.25) is 5.95 Å². The van der Waals surface area contributed by atoms with Crippen molar-refractivity contribution in [2.45, 2.75) is 12.5 Å². The first kappa shape index (κ1) is 15.7. The van der Waals surface area contributed by atoms with Crippen LogP contribution in [0.4, 0.5) is 11.8 Å². The molecule has 4 N–H and O–H groups in total. The third-order valence-electron chi connectivity index (χ3n) is 4.03. The highest BCUT2D eigenvalue weighted by Gasteiger charge is 2.23. The quantitative estimate of drug-likeness (QED) is 0.666. The summed E-state index contributed by atoms with van der Waals surface area (Å²) < 4.78 is 2.00. The van der Waals surface area contributed by atoms with Crippen LogP contribution in [0.1, 0.15) is 12.5 Å². The van der Waals surface area contributed by atoms with E-state index in [4.69, 9.17) is 5.73 Å². The Bertz CT molecular complexity index is 709. The second-order valence-electron chi connectivity index (χ2n) is 6.12. The lowest BCUT2D eigenvalue weighted by Crippen LogP contribution is -2.21. The molecular weight excluding hydrogens is 294 g/mol. The van der Waals surface area contributed by atoms with E-state index < -0.39 is 0 Å². The number of nitrogen functional groups attached to an aromatic ring is 1. The number of aliphatic hydroxyl groups is 1. The van der Waals surface area contributed by atoms with Crippen molar-refractivity contribution in [2.24, 2.45) is 5.92 Å². The molecule has 2 unspecified atom stereocenters. The molecule has 8 nitrogen and oxygen atoms in total. The lowest BCUT2D eigenvalue weighted by Gasteiger charge is -2.14. The lowest BCUT2D eigenvalue weighted by molar-refractivity contribution is 0.244. The molecule has 2 heterocycles. The van der Waals surface area contributed by atoms with Crippen LogP contribution in [-0.4, -0.2) is 63.3 Å². The molecule has 0 bridgehead atoms. The van der Waals surface area contributed by atoms with E-state index in [1.54, 1.807) is 6.33 Å². The molecule has 8 heteroatoms. The van der Waals surface area contributed by atoms with Crippen molar-refractivity contribution in [2.75, 3.05) is 44.8 Å². The number of hydrogen-bond donors (Lipinski definition) is 3. The summed E-state index contributed by atoms with van der Waals surface area (Å²) in [6, 6.07) is 0.140. The summed E-state index contributed by atoms with van der Waals surface area (Å²) in [6.45, 7) is 1.80. The smallest absolute Gasteiger partial charge is 0.224 e. The summed E-state index contributed by atoms with van der Waals surface area (Å²) >= 11 is 0. The van der Waals surface area contributed by atoms with Crippen LogP contribution in [0.2, 0.25) is 0 Å². The van der Waals surface area contributed by atoms with Crippen LogP contribution in [0.3, 0.4) is 0 Å². The number of aliphatic hydroxyl groups excluding tert-OH is 1. The van der Waals surface area contributed by atoms with Gasteiger partial charge in [-0.15, -0.1) is 0 Å². The van der Waals surface area contributed by atoms with Gasteiger partial charge in [-0.1, -0.05) is 12.2 Å². The maximum Gasteiger partial charge on any atom is 0.224 e. The van der Waals surface area contributed by atoms with Crippen LogP contribution in [0, 0.1) is 5.92 Å². The minimum atomic E-state index is 0.140. The zero-order valence-electron chi connectivity index (χ0n) is 13.5. The van der Waals surface area contributed by atoms with Crippen molar-refractivity contribution in [3.05, 3.63) is 18.5 Å². The van der Waals surface area contributed by atoms with Crippen molar-refractivity contribution in [1.29, 1.82) is 0 Å². The van der Waals surface area contributed by atoms with E-state index in [9.17, 15) is 5.11 Å². The molecule has 1 aliphatic carbocycles. The summed E-state index contributed by atoms with van der Waals surface area (Å²) in [4.78, 5) is 15.2. The molecule has 2 aromatic heterocycles. The zero-order chi connectivity index (χ0) is 16.4. The summed E-state index contributed by atoms with van der Waals surface area (Å²) in [5, 5.41) is 12.6. The van der Waals surface area contributed by atoms with Crippen LogP contribution < -0.4 is 11.1 Å². The van der Waals surface area contributed by atoms with Gasteiger partial charge in [0, 0.05) is 25.6 Å². The molecule has 2 aromatic rings. The molecule has 0 spiro atoms. The maximum absolute atomic E-state index is 9.29. The Labute approximate surface area is 135 Å². The fourth-order valence-corrected chi connectivity index (χ4v) is 2.79. The number of aromatic nitrogens is 4. The van der Waals surface area contributed by atoms with Gasteiger partial charge in [0.1, 0.15) is 0 Å². The lowest BCUT2D eigenvalue weighted by atomic mass is 10.1. The van der Waals surface area contributed by atoms with Crippen LogP contribution >= 0.6 is 0 Å². The number of rotatable bonds is 6. The Morgan fingerprint density at radius 1 is 1.39 bits per heavy atom. The SMILES string of the molecule is CN(C)CCNc1nc(N)nc2c1ncn2C1C=CC(CO)C1. The van der Waals surface area contributed by atoms with E-state index >= 15 is 0 Å². The number of nitrogens with two attached hydrogens (primary N) is 1. The van der Waals surface area contributed by atoms with Crippen molar-refractivity contribution < 1.29 is 5.11 Å². The third-order valence-corrected chi connectivity index (χ3v) is 4.03. The second-order valence-corrected chi connectivity index (χ2v) is 6.12. The van der Waals surface area contributed by atoms with E-state index in [0.717, 1.165) is 30.7 Å². The topological polar surface area (TPSA) is 105 Å². The van der Waals surface area contributed by atoms with Gasteiger partial charge in [-0.25, -0.2) is 4.98 Å². The highest BCUT2D eigenvalue weighted by Crippen LogP contribution is 2.31. The van der Waals surface area contributed by atoms with Crippen LogP contribution in [0.25, 0.3) is 11.2 Å². The van der Waals surface area contributed by atoms with Gasteiger partial charge >= 0.3 is 0 Å². The molecule has 1 aliphatic rings. The molecule has 0 amide bonds. The molecule has 0 saturated heterocycles. The number of likely N-dealkylation sites (N-methyl/N-ethyl adjacent to an activating group) is 1. The highest BCUT2D eigenvalue weighted by molar-refractivity contribution is 5.84. The van der Waals surface area contributed by atoms with E-state index in [-0.39, 0.29) is 24.5 Å². The highest BCUT2D eigenvalue weighted by atomic mass is 16.3. The Morgan fingerprint density at radius 2 is 2.22 bits per heavy atom. The average Bonchev–Trinajstić information content (AvgIpc) is 3.12. The maximum atomic E-state index is 9.29. The molecular formula is C15H23N7O. The van der Waals surface area contributed by atoms with Crippen LogP contribution in [0.5, 0.6) is 0 Å². The van der Waals surface area contributed by atoms with Gasteiger partial charge in [-0.3, -0.25) is 0 Å². The Hall–Kier alpha value is -2.19. The number of nitrogens with zero attached hydrogens (tertiary/aromatic N) is 5. The standard InChI is InChI=1S/C15H23N7O/c1-21(2)6-5-17-13-12-14(20-15(16)19-13)22(9-18-12)11-4-3-10(7-11)8-23/h3-4,9-11,23H,5-8H2,1-2H3,(H3,16,17,19,20). The monoisotopic (exact) mass is 317 g/mol. The fourth-order valence-electron chi connectivity index (χ4n) is 2.79. The molecule has 0 saturated carbocycles. The largest absolute Gasteiger partial charge is 0.396 e. The number of fused-ring (bicyclic) bond motifs is 1. The summed E-state index contributed by atoms with van der Waals surface area (Å²) in [5.41, 5.74) is 7.31. The summed E-state index contributed by atoms with van der Waals surface area (Å²) in [7, 11) is 4.04. The molecule has 124 valence electrons. The minimum absolute atomic E-state index is 0.140. The fraction of sp³-hybridized carbons (Fsp3) is 0.533. The predicted molar refractivity (Wildman–Crippen MR) is 90.1 cm³/mol. The van der Waals surface area contributed by atoms with Gasteiger partial charge in [-0.2, -0.15) is 9.97 Å². The van der Waals surface area contributed by atoms with Crippen molar-refractivity contribution in [1.82, 2.24) is 24.4 Å². The van der Waals surface area contributed by atoms with Gasteiger partial charge < -0.3 is 25.6 Å². The zero-order valence-corrected chi connectivity index (χ0v) is 13.5. The Kier molecular flexibility index (Phi) is 4.44. The number of anilines is 2. The summed E-state index contributed by atoms with van der Waals surface area (Å²) in [5.74, 6) is 1.08. The summed E-state index contributed by atoms with van der Waals surface area (Å²) in [6.07, 6.45) is 6.73. The Balaban J connectivity index is 1.88. The second kappa shape index (κ2) is 6.51. The van der Waals surface area contributed by atoms with Crippen molar-refractivity contribution in [3.63, 3.8) is 0 Å². The van der Waals surface area contributed by atoms with Crippen molar-refractivity contribution >= 4 is 22.9 Å². The van der Waals surface area contributed by atoms with Gasteiger partial charge in [0.25, 0.3) is 0 Å². The normalized spacial score (nSPS) is 20.7. The number of nitrogens with one attached hydrogen (secondary N) is 1. The molecule has 0 fully saturated rings. The van der Waals surface area contributed by atoms with Crippen molar-refractivity contribution in [3.8, 4) is 0 Å². The Morgan fingerprint density at radius 3 is 2.91 bits per heavy atom. The molecule has 2 atom stereocenters. The molecule has 0 aliphatic heterocycles. The molecule has 0 radical (unpaired) electrons. The minimum Gasteiger partial charge on any atom is -0.396 e. The predicted octanol–water partition coefficient (Wildman–Crippen LogP) is 0.492. The first-order valence-corrected chi connectivity index (χ1v) is 7.76. The van der Waals surface area contributed by atoms with E-state index in [1.807, 2.05) is 24.7 Å². The van der Waals surface area contributed by atoms with Crippen LogP contribution in [0.15, 0.2) is 18.5 Å². The van der Waals surface area contributed by atoms with Gasteiger partial charge in [0.15, 0.2) is 17.0 Å². The number of imidazole rings is 1. The molecule has 0 aromatic carbocycles.